The SMILES string of the molecule is CCc1ccccc1OC1=C(C)C(=O)c2ccc(Br)c(O)c2C1=O. The van der Waals surface area contributed by atoms with Gasteiger partial charge in [-0.05, 0) is 53.0 Å². The van der Waals surface area contributed by atoms with Crippen LogP contribution in [0.2, 0.25) is 0 Å². The molecule has 0 heterocycles. The third-order valence-electron chi connectivity index (χ3n) is 4.05. The summed E-state index contributed by atoms with van der Waals surface area (Å²) < 4.78 is 6.16. The first kappa shape index (κ1) is 16.5. The summed E-state index contributed by atoms with van der Waals surface area (Å²) in [5, 5.41) is 10.2. The second-order valence-electron chi connectivity index (χ2n) is 5.49. The summed E-state index contributed by atoms with van der Waals surface area (Å²) in [5.74, 6) is -0.568. The molecule has 2 aromatic carbocycles. The third-order valence-corrected chi connectivity index (χ3v) is 4.69. The van der Waals surface area contributed by atoms with Crippen LogP contribution in [0.1, 0.15) is 40.1 Å². The Labute approximate surface area is 147 Å². The van der Waals surface area contributed by atoms with Crippen molar-refractivity contribution in [1.29, 1.82) is 0 Å². The lowest BCUT2D eigenvalue weighted by molar-refractivity contribution is 0.0933. The molecule has 122 valence electrons. The van der Waals surface area contributed by atoms with Gasteiger partial charge in [0.15, 0.2) is 11.5 Å². The second-order valence-corrected chi connectivity index (χ2v) is 6.35. The van der Waals surface area contributed by atoms with Crippen LogP contribution < -0.4 is 4.74 Å². The van der Waals surface area contributed by atoms with Gasteiger partial charge in [-0.25, -0.2) is 0 Å². The highest BCUT2D eigenvalue weighted by molar-refractivity contribution is 9.10. The van der Waals surface area contributed by atoms with E-state index in [1.54, 1.807) is 19.1 Å². The minimum absolute atomic E-state index is 0.0241. The number of hydrogen-bond acceptors (Lipinski definition) is 4. The van der Waals surface area contributed by atoms with Crippen molar-refractivity contribution in [2.24, 2.45) is 0 Å². The number of benzene rings is 2. The Balaban J connectivity index is 2.12. The predicted molar refractivity (Wildman–Crippen MR) is 93.6 cm³/mol. The largest absolute Gasteiger partial charge is 0.506 e. The molecule has 0 aromatic heterocycles. The van der Waals surface area contributed by atoms with Crippen molar-refractivity contribution in [3.8, 4) is 11.5 Å². The molecule has 0 atom stereocenters. The van der Waals surface area contributed by atoms with Crippen molar-refractivity contribution in [1.82, 2.24) is 0 Å². The molecule has 0 saturated heterocycles. The molecule has 3 rings (SSSR count). The molecule has 24 heavy (non-hydrogen) atoms. The van der Waals surface area contributed by atoms with Crippen LogP contribution >= 0.6 is 15.9 Å². The number of carbonyl (C=O) groups is 2. The van der Waals surface area contributed by atoms with E-state index in [-0.39, 0.29) is 34.0 Å². The van der Waals surface area contributed by atoms with E-state index in [2.05, 4.69) is 15.9 Å². The first-order valence-electron chi connectivity index (χ1n) is 7.53. The molecular weight excluding hydrogens is 372 g/mol. The Morgan fingerprint density at radius 2 is 1.79 bits per heavy atom. The molecule has 0 spiro atoms. The van der Waals surface area contributed by atoms with Crippen molar-refractivity contribution >= 4 is 27.5 Å². The van der Waals surface area contributed by atoms with Crippen LogP contribution in [0.15, 0.2) is 52.2 Å². The van der Waals surface area contributed by atoms with E-state index in [1.807, 2.05) is 25.1 Å². The monoisotopic (exact) mass is 386 g/mol. The third kappa shape index (κ3) is 2.55. The molecule has 0 bridgehead atoms. The average Bonchev–Trinajstić information content (AvgIpc) is 2.59. The topological polar surface area (TPSA) is 63.6 Å². The fourth-order valence-electron chi connectivity index (χ4n) is 2.70. The zero-order valence-electron chi connectivity index (χ0n) is 13.2. The summed E-state index contributed by atoms with van der Waals surface area (Å²) >= 11 is 3.18. The lowest BCUT2D eigenvalue weighted by Crippen LogP contribution is -2.24. The number of fused-ring (bicyclic) bond motifs is 1. The maximum atomic E-state index is 12.8. The number of rotatable bonds is 3. The number of allylic oxidation sites excluding steroid dienone is 2. The number of aromatic hydroxyl groups is 1. The highest BCUT2D eigenvalue weighted by Gasteiger charge is 2.35. The van der Waals surface area contributed by atoms with Gasteiger partial charge < -0.3 is 9.84 Å². The molecule has 0 aliphatic heterocycles. The number of para-hydroxylation sites is 1. The molecule has 1 aliphatic carbocycles. The summed E-state index contributed by atoms with van der Waals surface area (Å²) in [6, 6.07) is 10.4. The first-order valence-corrected chi connectivity index (χ1v) is 8.32. The quantitative estimate of drug-likeness (QED) is 0.845. The maximum absolute atomic E-state index is 12.8. The van der Waals surface area contributed by atoms with Gasteiger partial charge in [-0.15, -0.1) is 0 Å². The summed E-state index contributed by atoms with van der Waals surface area (Å²) in [5.41, 5.74) is 1.33. The Morgan fingerprint density at radius 3 is 2.50 bits per heavy atom. The second kappa shape index (κ2) is 6.24. The van der Waals surface area contributed by atoms with Gasteiger partial charge in [0.25, 0.3) is 0 Å². The number of phenolic OH excluding ortho intramolecular Hbond substituents is 1. The lowest BCUT2D eigenvalue weighted by Gasteiger charge is -2.21. The van der Waals surface area contributed by atoms with Crippen molar-refractivity contribution in [3.05, 3.63) is 68.9 Å². The number of aryl methyl sites for hydroxylation is 1. The van der Waals surface area contributed by atoms with Crippen LogP contribution in [0.5, 0.6) is 11.5 Å². The van der Waals surface area contributed by atoms with Crippen LogP contribution in [0.4, 0.5) is 0 Å². The molecule has 0 fully saturated rings. The number of ketones is 2. The number of hydrogen-bond donors (Lipinski definition) is 1. The minimum Gasteiger partial charge on any atom is -0.506 e. The molecule has 0 radical (unpaired) electrons. The summed E-state index contributed by atoms with van der Waals surface area (Å²) in [4.78, 5) is 25.4. The van der Waals surface area contributed by atoms with E-state index in [0.717, 1.165) is 12.0 Å². The van der Waals surface area contributed by atoms with Gasteiger partial charge in [0.2, 0.25) is 5.78 Å². The number of halogens is 1. The van der Waals surface area contributed by atoms with Gasteiger partial charge in [0.1, 0.15) is 11.5 Å². The van der Waals surface area contributed by atoms with E-state index in [0.29, 0.717) is 10.2 Å². The molecule has 0 amide bonds. The number of Topliss-reactive ketones (excluding diaryl/α,β-unsaturated/α-hetero) is 2. The Hall–Kier alpha value is -2.40. The highest BCUT2D eigenvalue weighted by atomic mass is 79.9. The molecule has 4 nitrogen and oxygen atoms in total. The standard InChI is InChI=1S/C19H15BrO4/c1-3-11-6-4-5-7-14(11)24-19-10(2)16(21)12-8-9-13(20)17(22)15(12)18(19)23/h4-9,22H,3H2,1-2H3. The van der Waals surface area contributed by atoms with E-state index in [4.69, 9.17) is 4.74 Å². The molecule has 1 aliphatic rings. The zero-order valence-corrected chi connectivity index (χ0v) is 14.8. The molecule has 5 heteroatoms. The highest BCUT2D eigenvalue weighted by Crippen LogP contribution is 2.37. The summed E-state index contributed by atoms with van der Waals surface area (Å²) in [6.07, 6.45) is 0.734. The minimum atomic E-state index is -0.494. The van der Waals surface area contributed by atoms with Crippen LogP contribution in [0.3, 0.4) is 0 Å². The lowest BCUT2D eigenvalue weighted by atomic mass is 9.88. The number of carbonyl (C=O) groups excluding carboxylic acids is 2. The van der Waals surface area contributed by atoms with E-state index < -0.39 is 5.78 Å². The van der Waals surface area contributed by atoms with Crippen molar-refractivity contribution in [3.63, 3.8) is 0 Å². The normalized spacial score (nSPS) is 14.0. The fraction of sp³-hybridized carbons (Fsp3) is 0.158. The smallest absolute Gasteiger partial charge is 0.233 e. The van der Waals surface area contributed by atoms with Crippen LogP contribution in [-0.4, -0.2) is 16.7 Å². The van der Waals surface area contributed by atoms with Gasteiger partial charge in [-0.1, -0.05) is 25.1 Å². The van der Waals surface area contributed by atoms with E-state index in [9.17, 15) is 14.7 Å². The Bertz CT molecular complexity index is 896. The van der Waals surface area contributed by atoms with Crippen molar-refractivity contribution in [2.75, 3.05) is 0 Å². The maximum Gasteiger partial charge on any atom is 0.233 e. The van der Waals surface area contributed by atoms with Crippen LogP contribution in [0, 0.1) is 0 Å². The molecule has 1 N–H and O–H groups in total. The Kier molecular flexibility index (Phi) is 4.28. The first-order chi connectivity index (χ1) is 11.5. The molecule has 2 aromatic rings. The Morgan fingerprint density at radius 1 is 1.08 bits per heavy atom. The molecule has 0 unspecified atom stereocenters. The fourth-order valence-corrected chi connectivity index (χ4v) is 3.03. The molecule has 0 saturated carbocycles. The van der Waals surface area contributed by atoms with Crippen molar-refractivity contribution in [2.45, 2.75) is 20.3 Å². The van der Waals surface area contributed by atoms with Crippen LogP contribution in [-0.2, 0) is 6.42 Å². The predicted octanol–water partition coefficient (Wildman–Crippen LogP) is 4.45. The van der Waals surface area contributed by atoms with Crippen LogP contribution in [0.25, 0.3) is 0 Å². The van der Waals surface area contributed by atoms with Gasteiger partial charge in [-0.3, -0.25) is 9.59 Å². The van der Waals surface area contributed by atoms with E-state index in [1.165, 1.54) is 6.07 Å². The summed E-state index contributed by atoms with van der Waals surface area (Å²) in [6.45, 7) is 3.54. The van der Waals surface area contributed by atoms with Gasteiger partial charge in [-0.2, -0.15) is 0 Å². The van der Waals surface area contributed by atoms with Gasteiger partial charge in [0.05, 0.1) is 10.0 Å². The zero-order chi connectivity index (χ0) is 17.4. The van der Waals surface area contributed by atoms with Gasteiger partial charge in [0, 0.05) is 11.1 Å². The van der Waals surface area contributed by atoms with Gasteiger partial charge >= 0.3 is 0 Å². The van der Waals surface area contributed by atoms with E-state index >= 15 is 0 Å². The van der Waals surface area contributed by atoms with Crippen molar-refractivity contribution < 1.29 is 19.4 Å². The number of phenols is 1. The average molecular weight is 387 g/mol. The summed E-state index contributed by atoms with van der Waals surface area (Å²) in [7, 11) is 0. The number of ether oxygens (including phenoxy) is 1. The molecular formula is C19H15BrO4.